The summed E-state index contributed by atoms with van der Waals surface area (Å²) in [5, 5.41) is 4.24. The zero-order valence-electron chi connectivity index (χ0n) is 20.0. The summed E-state index contributed by atoms with van der Waals surface area (Å²) in [6, 6.07) is 15.6. The van der Waals surface area contributed by atoms with Gasteiger partial charge in [0, 0.05) is 22.5 Å². The normalized spacial score (nSPS) is 20.4. The minimum absolute atomic E-state index is 0.113. The third-order valence-electron chi connectivity index (χ3n) is 7.33. The molecule has 34 heavy (non-hydrogen) atoms. The van der Waals surface area contributed by atoms with Crippen LogP contribution in [-0.2, 0) is 17.9 Å². The molecule has 1 saturated carbocycles. The fourth-order valence-corrected chi connectivity index (χ4v) is 5.41. The number of benzene rings is 2. The van der Waals surface area contributed by atoms with Gasteiger partial charge in [-0.3, -0.25) is 9.59 Å². The summed E-state index contributed by atoms with van der Waals surface area (Å²) in [7, 11) is 3.18. The maximum Gasteiger partial charge on any atom is 0.271 e. The molecule has 1 atom stereocenters. The monoisotopic (exact) mass is 461 g/mol. The summed E-state index contributed by atoms with van der Waals surface area (Å²) in [5.74, 6) is 0.882. The van der Waals surface area contributed by atoms with Gasteiger partial charge in [0.25, 0.3) is 5.91 Å². The van der Waals surface area contributed by atoms with Crippen LogP contribution < -0.4 is 14.8 Å². The molecule has 2 heterocycles. The fraction of sp³-hybridized carbons (Fsp3) is 0.407. The van der Waals surface area contributed by atoms with E-state index in [4.69, 9.17) is 9.47 Å². The molecule has 2 amide bonds. The second-order valence-electron chi connectivity index (χ2n) is 9.45. The molecule has 1 aliphatic carbocycles. The maximum atomic E-state index is 14.0. The molecule has 3 aromatic rings. The second kappa shape index (κ2) is 8.70. The van der Waals surface area contributed by atoms with Crippen LogP contribution in [0.2, 0.25) is 0 Å². The number of ether oxygens (including phenoxy) is 2. The second-order valence-corrected chi connectivity index (χ2v) is 9.45. The average molecular weight is 462 g/mol. The molecule has 2 aliphatic rings. The van der Waals surface area contributed by atoms with E-state index >= 15 is 0 Å². The van der Waals surface area contributed by atoms with Gasteiger partial charge in [-0.05, 0) is 38.0 Å². The van der Waals surface area contributed by atoms with Gasteiger partial charge < -0.3 is 24.3 Å². The van der Waals surface area contributed by atoms with Crippen LogP contribution in [0.5, 0.6) is 11.5 Å². The van der Waals surface area contributed by atoms with Crippen molar-refractivity contribution in [3.8, 4) is 11.5 Å². The SMILES string of the molecule is COc1cccc(CN2C(=O)c3cc4ccccc4n3C[C@]2(C)C(=O)NC2CCCC2)c1OC. The number of para-hydroxylation sites is 2. The molecule has 0 unspecified atom stereocenters. The summed E-state index contributed by atoms with van der Waals surface area (Å²) in [6.07, 6.45) is 4.21. The first-order valence-corrected chi connectivity index (χ1v) is 11.9. The lowest BCUT2D eigenvalue weighted by Crippen LogP contribution is -2.64. The number of nitrogens with one attached hydrogen (secondary N) is 1. The van der Waals surface area contributed by atoms with Gasteiger partial charge in [-0.15, -0.1) is 0 Å². The van der Waals surface area contributed by atoms with E-state index in [-0.39, 0.29) is 24.4 Å². The number of methoxy groups -OCH3 is 2. The van der Waals surface area contributed by atoms with Crippen molar-refractivity contribution in [2.24, 2.45) is 0 Å². The Bertz CT molecular complexity index is 1240. The number of rotatable bonds is 6. The van der Waals surface area contributed by atoms with Crippen molar-refractivity contribution in [1.29, 1.82) is 0 Å². The van der Waals surface area contributed by atoms with Crippen LogP contribution in [0.1, 0.15) is 48.7 Å². The first-order valence-electron chi connectivity index (χ1n) is 11.9. The highest BCUT2D eigenvalue weighted by Gasteiger charge is 2.48. The highest BCUT2D eigenvalue weighted by molar-refractivity contribution is 6.03. The summed E-state index contributed by atoms with van der Waals surface area (Å²) in [6.45, 7) is 2.49. The Morgan fingerprint density at radius 2 is 1.85 bits per heavy atom. The number of hydrogen-bond donors (Lipinski definition) is 1. The quantitative estimate of drug-likeness (QED) is 0.599. The van der Waals surface area contributed by atoms with Crippen molar-refractivity contribution in [2.75, 3.05) is 14.2 Å². The van der Waals surface area contributed by atoms with Crippen LogP contribution in [0.3, 0.4) is 0 Å². The van der Waals surface area contributed by atoms with Crippen molar-refractivity contribution < 1.29 is 19.1 Å². The van der Waals surface area contributed by atoms with Gasteiger partial charge in [-0.1, -0.05) is 43.2 Å². The van der Waals surface area contributed by atoms with Gasteiger partial charge in [0.2, 0.25) is 5.91 Å². The zero-order valence-corrected chi connectivity index (χ0v) is 20.0. The molecule has 1 aliphatic heterocycles. The Hall–Kier alpha value is -3.48. The number of hydrogen-bond acceptors (Lipinski definition) is 4. The van der Waals surface area contributed by atoms with Crippen LogP contribution in [-0.4, -0.2) is 47.1 Å². The van der Waals surface area contributed by atoms with Gasteiger partial charge >= 0.3 is 0 Å². The predicted molar refractivity (Wildman–Crippen MR) is 130 cm³/mol. The Morgan fingerprint density at radius 3 is 2.59 bits per heavy atom. The molecule has 7 heteroatoms. The molecule has 5 rings (SSSR count). The van der Waals surface area contributed by atoms with Gasteiger partial charge in [-0.2, -0.15) is 0 Å². The lowest BCUT2D eigenvalue weighted by Gasteiger charge is -2.44. The van der Waals surface area contributed by atoms with E-state index < -0.39 is 5.54 Å². The third kappa shape index (κ3) is 3.59. The van der Waals surface area contributed by atoms with Crippen molar-refractivity contribution in [3.05, 3.63) is 59.8 Å². The van der Waals surface area contributed by atoms with Crippen LogP contribution in [0.4, 0.5) is 0 Å². The van der Waals surface area contributed by atoms with E-state index in [1.54, 1.807) is 19.1 Å². The first-order chi connectivity index (χ1) is 16.5. The van der Waals surface area contributed by atoms with Gasteiger partial charge in [0.1, 0.15) is 11.2 Å². The molecule has 1 fully saturated rings. The van der Waals surface area contributed by atoms with Crippen molar-refractivity contribution >= 4 is 22.7 Å². The van der Waals surface area contributed by atoms with Crippen LogP contribution in [0.25, 0.3) is 10.9 Å². The number of carbonyl (C=O) groups is 2. The van der Waals surface area contributed by atoms with E-state index in [0.29, 0.717) is 23.7 Å². The van der Waals surface area contributed by atoms with E-state index in [2.05, 4.69) is 5.32 Å². The molecule has 1 N–H and O–H groups in total. The maximum absolute atomic E-state index is 14.0. The Labute approximate surface area is 199 Å². The number of aromatic nitrogens is 1. The van der Waals surface area contributed by atoms with Crippen LogP contribution >= 0.6 is 0 Å². The summed E-state index contributed by atoms with van der Waals surface area (Å²) >= 11 is 0. The fourth-order valence-electron chi connectivity index (χ4n) is 5.41. The molecule has 178 valence electrons. The third-order valence-corrected chi connectivity index (χ3v) is 7.33. The van der Waals surface area contributed by atoms with Crippen molar-refractivity contribution in [3.63, 3.8) is 0 Å². The van der Waals surface area contributed by atoms with Crippen molar-refractivity contribution in [1.82, 2.24) is 14.8 Å². The number of fused-ring (bicyclic) bond motifs is 3. The first kappa shape index (κ1) is 22.3. The minimum Gasteiger partial charge on any atom is -0.493 e. The molecule has 0 spiro atoms. The zero-order chi connectivity index (χ0) is 23.9. The molecule has 0 saturated heterocycles. The molecule has 0 bridgehead atoms. The Kier molecular flexibility index (Phi) is 5.71. The molecule has 0 radical (unpaired) electrons. The Balaban J connectivity index is 1.59. The summed E-state index contributed by atoms with van der Waals surface area (Å²) in [5.41, 5.74) is 1.28. The molecular formula is C27H31N3O4. The van der Waals surface area contributed by atoms with E-state index in [0.717, 1.165) is 42.1 Å². The summed E-state index contributed by atoms with van der Waals surface area (Å²) < 4.78 is 13.1. The Morgan fingerprint density at radius 1 is 1.09 bits per heavy atom. The minimum atomic E-state index is -1.07. The van der Waals surface area contributed by atoms with Crippen molar-refractivity contribution in [2.45, 2.75) is 57.3 Å². The van der Waals surface area contributed by atoms with Gasteiger partial charge in [-0.25, -0.2) is 0 Å². The van der Waals surface area contributed by atoms with Crippen LogP contribution in [0, 0.1) is 0 Å². The van der Waals surface area contributed by atoms with Crippen LogP contribution in [0.15, 0.2) is 48.5 Å². The summed E-state index contributed by atoms with van der Waals surface area (Å²) in [4.78, 5) is 29.4. The molecule has 7 nitrogen and oxygen atoms in total. The number of nitrogens with zero attached hydrogens (tertiary/aromatic N) is 2. The number of amides is 2. The topological polar surface area (TPSA) is 72.8 Å². The lowest BCUT2D eigenvalue weighted by atomic mass is 9.93. The van der Waals surface area contributed by atoms with Gasteiger partial charge in [0.15, 0.2) is 11.5 Å². The highest BCUT2D eigenvalue weighted by Crippen LogP contribution is 2.37. The number of carbonyl (C=O) groups excluding carboxylic acids is 2. The molecule has 1 aromatic heterocycles. The van der Waals surface area contributed by atoms with Gasteiger partial charge in [0.05, 0.1) is 27.3 Å². The lowest BCUT2D eigenvalue weighted by molar-refractivity contribution is -0.133. The standard InChI is InChI=1S/C27H31N3O4/c1-27(26(32)28-20-11-5-6-12-20)17-29-21-13-7-4-9-18(21)15-22(29)25(31)30(27)16-19-10-8-14-23(33-2)24(19)34-3/h4,7-10,13-15,20H,5-6,11-12,16-17H2,1-3H3,(H,28,32)/t27-/m1/s1. The highest BCUT2D eigenvalue weighted by atomic mass is 16.5. The van der Waals surface area contributed by atoms with E-state index in [9.17, 15) is 9.59 Å². The smallest absolute Gasteiger partial charge is 0.271 e. The molecular weight excluding hydrogens is 430 g/mol. The predicted octanol–water partition coefficient (Wildman–Crippen LogP) is 4.13. The largest absolute Gasteiger partial charge is 0.493 e. The average Bonchev–Trinajstić information content (AvgIpc) is 3.49. The van der Waals surface area contributed by atoms with E-state index in [1.807, 2.05) is 60.0 Å². The molecule has 2 aromatic carbocycles. The van der Waals surface area contributed by atoms with E-state index in [1.165, 1.54) is 0 Å².